The molecule has 1 aliphatic rings. The van der Waals surface area contributed by atoms with Gasteiger partial charge in [-0.2, -0.15) is 0 Å². The summed E-state index contributed by atoms with van der Waals surface area (Å²) in [6.45, 7) is 4.58. The molecule has 4 rings (SSSR count). The Labute approximate surface area is 152 Å². The van der Waals surface area contributed by atoms with Gasteiger partial charge in [0.15, 0.2) is 0 Å². The molecule has 1 aromatic heterocycles. The van der Waals surface area contributed by atoms with Crippen LogP contribution in [0, 0.1) is 0 Å². The number of ether oxygens (including phenoxy) is 1. The first-order valence-electron chi connectivity index (χ1n) is 8.89. The van der Waals surface area contributed by atoms with Crippen LogP contribution in [0.1, 0.15) is 5.56 Å². The van der Waals surface area contributed by atoms with Crippen molar-refractivity contribution < 1.29 is 14.7 Å². The van der Waals surface area contributed by atoms with Crippen molar-refractivity contribution in [2.24, 2.45) is 0 Å². The number of benzene rings is 2. The fraction of sp³-hybridized carbons (Fsp3) is 0.300. The minimum Gasteiger partial charge on any atom is -0.507 e. The maximum atomic E-state index is 10.4. The summed E-state index contributed by atoms with van der Waals surface area (Å²) in [7, 11) is 1.67. The number of aromatic nitrogens is 2. The van der Waals surface area contributed by atoms with E-state index in [1.807, 2.05) is 30.3 Å². The topological polar surface area (TPSA) is 62.9 Å². The third-order valence-electron chi connectivity index (χ3n) is 5.05. The van der Waals surface area contributed by atoms with Crippen molar-refractivity contribution in [3.05, 3.63) is 54.4 Å². The summed E-state index contributed by atoms with van der Waals surface area (Å²) in [6, 6.07) is 11.6. The molecular formula is C20H23N4O2+. The number of rotatable bonds is 4. The van der Waals surface area contributed by atoms with Gasteiger partial charge < -0.3 is 19.6 Å². The van der Waals surface area contributed by atoms with Crippen LogP contribution in [0.4, 0.5) is 5.95 Å². The monoisotopic (exact) mass is 351 g/mol. The van der Waals surface area contributed by atoms with Crippen LogP contribution in [0.25, 0.3) is 10.8 Å². The molecule has 6 nitrogen and oxygen atoms in total. The number of methoxy groups -OCH3 is 1. The SMILES string of the molecule is COc1ccc2ccc(O)c(C[NH+]3CCN(c4ncccn4)CC3)c2c1. The highest BCUT2D eigenvalue weighted by Gasteiger charge is 2.23. The average molecular weight is 351 g/mol. The molecule has 0 amide bonds. The number of nitrogens with one attached hydrogen (secondary N) is 1. The zero-order valence-electron chi connectivity index (χ0n) is 14.9. The Morgan fingerprint density at radius 2 is 1.85 bits per heavy atom. The lowest BCUT2D eigenvalue weighted by Gasteiger charge is -2.32. The van der Waals surface area contributed by atoms with E-state index in [4.69, 9.17) is 4.74 Å². The normalized spacial score (nSPS) is 15.3. The Kier molecular flexibility index (Phi) is 4.58. The Balaban J connectivity index is 1.52. The maximum Gasteiger partial charge on any atom is 0.225 e. The van der Waals surface area contributed by atoms with Gasteiger partial charge in [0.2, 0.25) is 5.95 Å². The molecule has 0 aliphatic carbocycles. The van der Waals surface area contributed by atoms with E-state index in [1.54, 1.807) is 25.6 Å². The minimum atomic E-state index is 0.354. The molecule has 2 N–H and O–H groups in total. The summed E-state index contributed by atoms with van der Waals surface area (Å²) in [5, 5.41) is 12.6. The molecule has 134 valence electrons. The van der Waals surface area contributed by atoms with E-state index < -0.39 is 0 Å². The van der Waals surface area contributed by atoms with Gasteiger partial charge in [-0.25, -0.2) is 9.97 Å². The maximum absolute atomic E-state index is 10.4. The van der Waals surface area contributed by atoms with E-state index >= 15 is 0 Å². The molecule has 26 heavy (non-hydrogen) atoms. The number of hydrogen-bond acceptors (Lipinski definition) is 5. The van der Waals surface area contributed by atoms with Gasteiger partial charge in [0, 0.05) is 12.4 Å². The molecule has 0 unspecified atom stereocenters. The number of phenolic OH excluding ortho intramolecular Hbond substituents is 1. The second kappa shape index (κ2) is 7.17. The van der Waals surface area contributed by atoms with Crippen LogP contribution in [-0.4, -0.2) is 48.4 Å². The first-order chi connectivity index (χ1) is 12.7. The highest BCUT2D eigenvalue weighted by atomic mass is 16.5. The van der Waals surface area contributed by atoms with E-state index in [-0.39, 0.29) is 0 Å². The average Bonchev–Trinajstić information content (AvgIpc) is 2.71. The van der Waals surface area contributed by atoms with Crippen LogP contribution >= 0.6 is 0 Å². The first kappa shape index (κ1) is 16.6. The second-order valence-corrected chi connectivity index (χ2v) is 6.61. The summed E-state index contributed by atoms with van der Waals surface area (Å²) >= 11 is 0. The standard InChI is InChI=1S/C20H22N4O2/c1-26-16-5-3-15-4-6-19(25)18(17(15)13-16)14-23-9-11-24(12-10-23)20-21-7-2-8-22-20/h2-8,13,25H,9-12,14H2,1H3/p+1. The molecule has 3 aromatic rings. The van der Waals surface area contributed by atoms with Gasteiger partial charge in [0.25, 0.3) is 0 Å². The molecular weight excluding hydrogens is 328 g/mol. The van der Waals surface area contributed by atoms with E-state index in [0.29, 0.717) is 5.75 Å². The van der Waals surface area contributed by atoms with Crippen LogP contribution in [-0.2, 0) is 6.54 Å². The summed E-state index contributed by atoms with van der Waals surface area (Å²) in [5.41, 5.74) is 0.987. The molecule has 0 atom stereocenters. The predicted molar refractivity (Wildman–Crippen MR) is 101 cm³/mol. The summed E-state index contributed by atoms with van der Waals surface area (Å²) in [5.74, 6) is 1.96. The predicted octanol–water partition coefficient (Wildman–Crippen LogP) is 1.25. The second-order valence-electron chi connectivity index (χ2n) is 6.61. The molecule has 0 bridgehead atoms. The van der Waals surface area contributed by atoms with Crippen LogP contribution in [0.15, 0.2) is 48.8 Å². The van der Waals surface area contributed by atoms with Gasteiger partial charge in [0.05, 0.1) is 38.9 Å². The third kappa shape index (κ3) is 3.28. The molecule has 2 aromatic carbocycles. The summed E-state index contributed by atoms with van der Waals surface area (Å²) in [4.78, 5) is 12.3. The highest BCUT2D eigenvalue weighted by Crippen LogP contribution is 2.29. The lowest BCUT2D eigenvalue weighted by molar-refractivity contribution is -0.914. The van der Waals surface area contributed by atoms with Crippen molar-refractivity contribution in [2.45, 2.75) is 6.54 Å². The molecule has 6 heteroatoms. The molecule has 1 aliphatic heterocycles. The number of hydrogen-bond donors (Lipinski definition) is 2. The van der Waals surface area contributed by atoms with Crippen molar-refractivity contribution in [1.82, 2.24) is 9.97 Å². The smallest absolute Gasteiger partial charge is 0.225 e. The number of fused-ring (bicyclic) bond motifs is 1. The quantitative estimate of drug-likeness (QED) is 0.741. The van der Waals surface area contributed by atoms with Gasteiger partial charge in [-0.1, -0.05) is 12.1 Å². The number of aromatic hydroxyl groups is 1. The van der Waals surface area contributed by atoms with Crippen molar-refractivity contribution in [2.75, 3.05) is 38.2 Å². The van der Waals surface area contributed by atoms with E-state index in [0.717, 1.165) is 60.8 Å². The Morgan fingerprint density at radius 1 is 1.12 bits per heavy atom. The zero-order chi connectivity index (χ0) is 17.9. The lowest BCUT2D eigenvalue weighted by Crippen LogP contribution is -3.13. The fourth-order valence-corrected chi connectivity index (χ4v) is 3.57. The number of piperazine rings is 1. The van der Waals surface area contributed by atoms with Gasteiger partial charge in [-0.3, -0.25) is 0 Å². The summed E-state index contributed by atoms with van der Waals surface area (Å²) in [6.07, 6.45) is 3.56. The lowest BCUT2D eigenvalue weighted by atomic mass is 10.0. The molecule has 2 heterocycles. The van der Waals surface area contributed by atoms with Crippen LogP contribution in [0.5, 0.6) is 11.5 Å². The van der Waals surface area contributed by atoms with Crippen LogP contribution in [0.3, 0.4) is 0 Å². The Hall–Kier alpha value is -2.86. The van der Waals surface area contributed by atoms with E-state index in [2.05, 4.69) is 14.9 Å². The van der Waals surface area contributed by atoms with Gasteiger partial charge >= 0.3 is 0 Å². The number of quaternary nitrogens is 1. The summed E-state index contributed by atoms with van der Waals surface area (Å²) < 4.78 is 5.36. The molecule has 1 saturated heterocycles. The number of phenols is 1. The zero-order valence-corrected chi connectivity index (χ0v) is 14.9. The number of nitrogens with zero attached hydrogens (tertiary/aromatic N) is 3. The van der Waals surface area contributed by atoms with Gasteiger partial charge in [0.1, 0.15) is 18.0 Å². The largest absolute Gasteiger partial charge is 0.507 e. The van der Waals surface area contributed by atoms with Crippen LogP contribution < -0.4 is 14.5 Å². The van der Waals surface area contributed by atoms with Crippen LogP contribution in [0.2, 0.25) is 0 Å². The molecule has 1 fully saturated rings. The van der Waals surface area contributed by atoms with Gasteiger partial charge in [-0.15, -0.1) is 0 Å². The van der Waals surface area contributed by atoms with E-state index in [1.165, 1.54) is 4.90 Å². The third-order valence-corrected chi connectivity index (χ3v) is 5.05. The molecule has 0 saturated carbocycles. The van der Waals surface area contributed by atoms with Crippen molar-refractivity contribution in [3.63, 3.8) is 0 Å². The van der Waals surface area contributed by atoms with Crippen molar-refractivity contribution >= 4 is 16.7 Å². The Bertz CT molecular complexity index is 893. The van der Waals surface area contributed by atoms with E-state index in [9.17, 15) is 5.11 Å². The highest BCUT2D eigenvalue weighted by molar-refractivity contribution is 5.88. The molecule has 0 spiro atoms. The first-order valence-corrected chi connectivity index (χ1v) is 8.89. The minimum absolute atomic E-state index is 0.354. The van der Waals surface area contributed by atoms with Crippen molar-refractivity contribution in [1.29, 1.82) is 0 Å². The Morgan fingerprint density at radius 3 is 2.58 bits per heavy atom. The number of anilines is 1. The van der Waals surface area contributed by atoms with Gasteiger partial charge in [-0.05, 0) is 35.0 Å². The van der Waals surface area contributed by atoms with Crippen molar-refractivity contribution in [3.8, 4) is 11.5 Å². The molecule has 0 radical (unpaired) electrons. The fourth-order valence-electron chi connectivity index (χ4n) is 3.57.